The van der Waals surface area contributed by atoms with Crippen LogP contribution in [0, 0.1) is 0 Å². The maximum absolute atomic E-state index is 3.64. The minimum absolute atomic E-state index is 1.17. The molecule has 0 aliphatic heterocycles. The van der Waals surface area contributed by atoms with E-state index in [-0.39, 0.29) is 0 Å². The summed E-state index contributed by atoms with van der Waals surface area (Å²) in [6, 6.07) is 10.0. The first-order valence-electron chi connectivity index (χ1n) is 14.7. The van der Waals surface area contributed by atoms with E-state index in [1.807, 2.05) is 36.4 Å². The third kappa shape index (κ3) is 27.0. The Kier molecular flexibility index (Phi) is 28.0. The van der Waals surface area contributed by atoms with Crippen molar-refractivity contribution in [2.24, 2.45) is 0 Å². The molecule has 0 spiro atoms. The molecular weight excluding hydrogens is 398 g/mol. The molecular formula is C32H59N. The summed E-state index contributed by atoms with van der Waals surface area (Å²) < 4.78 is 0. The van der Waals surface area contributed by atoms with Crippen molar-refractivity contribution in [2.75, 3.05) is 13.1 Å². The second-order valence-electron chi connectivity index (χ2n) is 9.73. The van der Waals surface area contributed by atoms with Gasteiger partial charge in [-0.15, -0.1) is 0 Å². The van der Waals surface area contributed by atoms with Crippen LogP contribution >= 0.6 is 0 Å². The van der Waals surface area contributed by atoms with Crippen LogP contribution in [0.4, 0.5) is 0 Å². The Bertz CT molecular complexity index is 445. The highest BCUT2D eigenvalue weighted by molar-refractivity contribution is 5.45. The van der Waals surface area contributed by atoms with Gasteiger partial charge in [0.25, 0.3) is 0 Å². The van der Waals surface area contributed by atoms with E-state index in [0.29, 0.717) is 0 Å². The molecule has 0 fully saturated rings. The van der Waals surface area contributed by atoms with Crippen LogP contribution < -0.4 is 5.32 Å². The quantitative estimate of drug-likeness (QED) is 0.161. The van der Waals surface area contributed by atoms with E-state index in [1.165, 1.54) is 147 Å². The Morgan fingerprint density at radius 1 is 0.515 bits per heavy atom. The van der Waals surface area contributed by atoms with Crippen molar-refractivity contribution in [3.8, 4) is 0 Å². The summed E-state index contributed by atoms with van der Waals surface area (Å²) in [5.74, 6) is 0. The van der Waals surface area contributed by atoms with Gasteiger partial charge in [-0.2, -0.15) is 0 Å². The van der Waals surface area contributed by atoms with E-state index in [9.17, 15) is 0 Å². The molecule has 1 aromatic rings. The zero-order valence-corrected chi connectivity index (χ0v) is 22.7. The van der Waals surface area contributed by atoms with Crippen LogP contribution in [0.5, 0.6) is 0 Å². The summed E-state index contributed by atoms with van der Waals surface area (Å²) in [6.45, 7) is 10.7. The number of unbranched alkanes of at least 4 members (excludes halogenated alkanes) is 18. The first-order valence-corrected chi connectivity index (χ1v) is 14.7. The molecule has 0 saturated heterocycles. The van der Waals surface area contributed by atoms with Crippen LogP contribution in [-0.2, 0) is 0 Å². The molecule has 0 aromatic heterocycles. The lowest BCUT2D eigenvalue weighted by Crippen LogP contribution is -2.16. The molecule has 1 N–H and O–H groups in total. The lowest BCUT2D eigenvalue weighted by Gasteiger charge is -2.05. The van der Waals surface area contributed by atoms with Gasteiger partial charge in [-0.3, -0.25) is 0 Å². The lowest BCUT2D eigenvalue weighted by molar-refractivity contribution is 0.525. The minimum atomic E-state index is 1.17. The normalized spacial score (nSPS) is 10.6. The molecule has 1 nitrogen and oxygen atoms in total. The van der Waals surface area contributed by atoms with Gasteiger partial charge in [0, 0.05) is 0 Å². The first kappa shape index (κ1) is 31.9. The molecule has 1 aromatic carbocycles. The van der Waals surface area contributed by atoms with Crippen LogP contribution in [0.3, 0.4) is 0 Å². The molecule has 0 aliphatic carbocycles. The predicted molar refractivity (Wildman–Crippen MR) is 153 cm³/mol. The molecule has 0 saturated carbocycles. The Hall–Kier alpha value is -1.08. The summed E-state index contributed by atoms with van der Waals surface area (Å²) in [6.07, 6.45) is 30.6. The molecule has 1 heteroatoms. The SMILES string of the molecule is C=Cc1ccccc1.CCCCCCCCCCCCNCCCCCCCCCCCC. The molecule has 192 valence electrons. The number of benzene rings is 1. The van der Waals surface area contributed by atoms with Crippen molar-refractivity contribution in [1.82, 2.24) is 5.32 Å². The highest BCUT2D eigenvalue weighted by Gasteiger charge is 1.94. The second-order valence-corrected chi connectivity index (χ2v) is 9.73. The number of hydrogen-bond donors (Lipinski definition) is 1. The van der Waals surface area contributed by atoms with Crippen molar-refractivity contribution in [3.63, 3.8) is 0 Å². The van der Waals surface area contributed by atoms with Crippen LogP contribution in [0.1, 0.15) is 148 Å². The maximum atomic E-state index is 3.64. The van der Waals surface area contributed by atoms with E-state index in [2.05, 4.69) is 25.7 Å². The third-order valence-electron chi connectivity index (χ3n) is 6.45. The van der Waals surface area contributed by atoms with Gasteiger partial charge in [0.2, 0.25) is 0 Å². The molecule has 0 radical (unpaired) electrons. The molecule has 33 heavy (non-hydrogen) atoms. The minimum Gasteiger partial charge on any atom is -0.317 e. The van der Waals surface area contributed by atoms with E-state index >= 15 is 0 Å². The van der Waals surface area contributed by atoms with E-state index in [0.717, 1.165) is 0 Å². The zero-order chi connectivity index (χ0) is 24.1. The van der Waals surface area contributed by atoms with Gasteiger partial charge >= 0.3 is 0 Å². The summed E-state index contributed by atoms with van der Waals surface area (Å²) in [5, 5.41) is 3.64. The molecule has 0 heterocycles. The lowest BCUT2D eigenvalue weighted by atomic mass is 10.1. The molecule has 0 aliphatic rings. The summed E-state index contributed by atoms with van der Waals surface area (Å²) in [7, 11) is 0. The van der Waals surface area contributed by atoms with Crippen LogP contribution in [0.15, 0.2) is 36.9 Å². The fourth-order valence-electron chi connectivity index (χ4n) is 4.19. The monoisotopic (exact) mass is 457 g/mol. The van der Waals surface area contributed by atoms with Gasteiger partial charge in [0.05, 0.1) is 0 Å². The van der Waals surface area contributed by atoms with Crippen molar-refractivity contribution in [2.45, 2.75) is 142 Å². The molecule has 0 unspecified atom stereocenters. The van der Waals surface area contributed by atoms with Crippen molar-refractivity contribution >= 4 is 6.08 Å². The highest BCUT2D eigenvalue weighted by Crippen LogP contribution is 2.11. The highest BCUT2D eigenvalue weighted by atomic mass is 14.8. The fourth-order valence-corrected chi connectivity index (χ4v) is 4.19. The second kappa shape index (κ2) is 29.0. The van der Waals surface area contributed by atoms with Crippen molar-refractivity contribution < 1.29 is 0 Å². The summed E-state index contributed by atoms with van der Waals surface area (Å²) in [5.41, 5.74) is 1.17. The summed E-state index contributed by atoms with van der Waals surface area (Å²) >= 11 is 0. The van der Waals surface area contributed by atoms with Crippen LogP contribution in [0.25, 0.3) is 6.08 Å². The Labute approximate surface area is 209 Å². The van der Waals surface area contributed by atoms with Gasteiger partial charge in [-0.25, -0.2) is 0 Å². The number of rotatable bonds is 23. The van der Waals surface area contributed by atoms with Crippen molar-refractivity contribution in [3.05, 3.63) is 42.5 Å². The first-order chi connectivity index (χ1) is 16.3. The average Bonchev–Trinajstić information content (AvgIpc) is 2.86. The van der Waals surface area contributed by atoms with Crippen molar-refractivity contribution in [1.29, 1.82) is 0 Å². The standard InChI is InChI=1S/C24H51N.C8H8/c1-3-5-7-9-11-13-15-17-19-21-23-25-24-22-20-18-16-14-12-10-8-6-4-2;1-2-8-6-4-3-5-7-8/h25H,3-24H2,1-2H3;2-7H,1H2. The molecule has 1 rings (SSSR count). The van der Waals surface area contributed by atoms with E-state index < -0.39 is 0 Å². The number of hydrogen-bond acceptors (Lipinski definition) is 1. The van der Waals surface area contributed by atoms with Gasteiger partial charge in [-0.1, -0.05) is 172 Å². The molecule has 0 amide bonds. The average molecular weight is 458 g/mol. The largest absolute Gasteiger partial charge is 0.317 e. The van der Waals surface area contributed by atoms with E-state index in [4.69, 9.17) is 0 Å². The Morgan fingerprint density at radius 2 is 0.848 bits per heavy atom. The Morgan fingerprint density at radius 3 is 1.15 bits per heavy atom. The molecule has 0 bridgehead atoms. The third-order valence-corrected chi connectivity index (χ3v) is 6.45. The van der Waals surface area contributed by atoms with Crippen LogP contribution in [0.2, 0.25) is 0 Å². The zero-order valence-electron chi connectivity index (χ0n) is 22.7. The van der Waals surface area contributed by atoms with Crippen LogP contribution in [-0.4, -0.2) is 13.1 Å². The summed E-state index contributed by atoms with van der Waals surface area (Å²) in [4.78, 5) is 0. The number of nitrogens with one attached hydrogen (secondary N) is 1. The molecule has 0 atom stereocenters. The topological polar surface area (TPSA) is 12.0 Å². The fraction of sp³-hybridized carbons (Fsp3) is 0.750. The van der Waals surface area contributed by atoms with Gasteiger partial charge < -0.3 is 5.32 Å². The maximum Gasteiger partial charge on any atom is -0.00489 e. The van der Waals surface area contributed by atoms with E-state index in [1.54, 1.807) is 0 Å². The van der Waals surface area contributed by atoms with Gasteiger partial charge in [0.1, 0.15) is 0 Å². The van der Waals surface area contributed by atoms with Gasteiger partial charge in [0.15, 0.2) is 0 Å². The van der Waals surface area contributed by atoms with Gasteiger partial charge in [-0.05, 0) is 31.5 Å². The Balaban J connectivity index is 0.00000106. The smallest absolute Gasteiger partial charge is 0.00489 e. The predicted octanol–water partition coefficient (Wildman–Crippen LogP) is 10.7.